The van der Waals surface area contributed by atoms with Crippen molar-refractivity contribution in [2.24, 2.45) is 0 Å². The van der Waals surface area contributed by atoms with E-state index in [1.54, 1.807) is 0 Å². The Kier molecular flexibility index (Phi) is 10.8. The van der Waals surface area contributed by atoms with Crippen molar-refractivity contribution in [1.29, 1.82) is 0 Å². The van der Waals surface area contributed by atoms with Gasteiger partial charge in [-0.25, -0.2) is 5.26 Å². The van der Waals surface area contributed by atoms with Gasteiger partial charge >= 0.3 is 6.01 Å². The zero-order valence-electron chi connectivity index (χ0n) is 25.0. The molecule has 0 aliphatic heterocycles. The van der Waals surface area contributed by atoms with Gasteiger partial charge < -0.3 is 10.1 Å². The summed E-state index contributed by atoms with van der Waals surface area (Å²) < 4.78 is 143. The van der Waals surface area contributed by atoms with Crippen LogP contribution in [-0.2, 0) is 56.3 Å². The number of ether oxygens (including phenoxy) is 1. The highest BCUT2D eigenvalue weighted by molar-refractivity contribution is 7.94. The molecule has 6 N–H and O–H groups in total. The van der Waals surface area contributed by atoms with E-state index in [4.69, 9.17) is 14.5 Å². The lowest BCUT2D eigenvalue weighted by atomic mass is 10.1. The van der Waals surface area contributed by atoms with Crippen LogP contribution in [0, 0.1) is 0 Å². The number of anilines is 2. The van der Waals surface area contributed by atoms with Crippen molar-refractivity contribution in [2.45, 2.75) is 32.4 Å². The fraction of sp³-hybridized carbons (Fsp3) is 0.115. The van der Waals surface area contributed by atoms with E-state index in [9.17, 15) is 47.3 Å². The number of fused-ring (bicyclic) bond motifs is 2. The minimum absolute atomic E-state index is 0.0265. The fourth-order valence-corrected chi connectivity index (χ4v) is 7.76. The molecule has 1 aromatic heterocycles. The Balaban J connectivity index is 1.55. The molecule has 5 rings (SSSR count). The van der Waals surface area contributed by atoms with Gasteiger partial charge in [0.05, 0.1) is 22.7 Å². The Morgan fingerprint density at radius 2 is 1.35 bits per heavy atom. The van der Waals surface area contributed by atoms with E-state index < -0.39 is 66.9 Å². The molecule has 1 heterocycles. The predicted octanol–water partition coefficient (Wildman–Crippen LogP) is 3.70. The van der Waals surface area contributed by atoms with Crippen molar-refractivity contribution < 1.29 is 71.2 Å². The van der Waals surface area contributed by atoms with E-state index in [1.807, 2.05) is 0 Å². The van der Waals surface area contributed by atoms with Gasteiger partial charge in [0.1, 0.15) is 21.4 Å². The van der Waals surface area contributed by atoms with Crippen LogP contribution in [0.1, 0.15) is 12.2 Å². The topological polar surface area (TPSA) is 316 Å². The van der Waals surface area contributed by atoms with E-state index >= 15 is 0 Å². The summed E-state index contributed by atoms with van der Waals surface area (Å²) in [5.41, 5.74) is 0.168. The first kappa shape index (κ1) is 38.1. The molecule has 0 radical (unpaired) electrons. The van der Waals surface area contributed by atoms with Crippen molar-refractivity contribution in [1.82, 2.24) is 15.0 Å². The molecule has 0 fully saturated rings. The van der Waals surface area contributed by atoms with Gasteiger partial charge in [0.2, 0.25) is 5.95 Å². The van der Waals surface area contributed by atoms with Crippen molar-refractivity contribution >= 4 is 85.7 Å². The summed E-state index contributed by atoms with van der Waals surface area (Å²) in [4.78, 5) is 10.4. The van der Waals surface area contributed by atoms with Gasteiger partial charge in [-0.1, -0.05) is 17.2 Å². The van der Waals surface area contributed by atoms with Crippen LogP contribution in [-0.4, -0.2) is 77.8 Å². The molecular weight excluding hydrogens is 785 g/mol. The lowest BCUT2D eigenvalue weighted by Gasteiger charge is -2.12. The number of hydrogen-bond donors (Lipinski definition) is 6. The Bertz CT molecular complexity index is 2620. The van der Waals surface area contributed by atoms with Crippen LogP contribution >= 0.6 is 12.0 Å². The number of aryl methyl sites for hydroxylation is 1. The molecule has 51 heavy (non-hydrogen) atoms. The number of aromatic nitrogens is 3. The summed E-state index contributed by atoms with van der Waals surface area (Å²) >= 11 is 0.454. The molecule has 0 saturated heterocycles. The molecule has 4 aromatic carbocycles. The average molecular weight is 807 g/mol. The monoisotopic (exact) mass is 806 g/mol. The third kappa shape index (κ3) is 9.81. The van der Waals surface area contributed by atoms with E-state index in [0.717, 1.165) is 18.2 Å². The first-order valence-corrected chi connectivity index (χ1v) is 20.2. The minimum atomic E-state index is -5.04. The second-order valence-electron chi connectivity index (χ2n) is 10.3. The van der Waals surface area contributed by atoms with Gasteiger partial charge in [-0.3, -0.25) is 18.2 Å². The first-order valence-electron chi connectivity index (χ1n) is 13.6. The molecule has 0 atom stereocenters. The number of nitrogens with zero attached hydrogens (tertiary/aromatic N) is 3. The molecule has 25 heteroatoms. The first-order chi connectivity index (χ1) is 23.7. The molecule has 0 spiro atoms. The SMILES string of the molecule is O=S(=O)(O)CCCc1nc(Nc2ccc3cc(SOOO)cc(S(=O)(=O)O)c3c2)nc(Oc2ccc3cc(S(=O)(=O)O)cc(S(=O)(=O)O)c3c2)n1. The van der Waals surface area contributed by atoms with Crippen molar-refractivity contribution in [3.05, 3.63) is 66.5 Å². The number of rotatable bonds is 14. The van der Waals surface area contributed by atoms with Gasteiger partial charge in [-0.2, -0.15) is 48.6 Å². The Morgan fingerprint density at radius 1 is 0.706 bits per heavy atom. The van der Waals surface area contributed by atoms with Crippen molar-refractivity contribution in [3.63, 3.8) is 0 Å². The maximum Gasteiger partial charge on any atom is 0.327 e. The Hall–Kier alpha value is -4.12. The van der Waals surface area contributed by atoms with Gasteiger partial charge in [0, 0.05) is 27.8 Å². The molecule has 0 amide bonds. The smallest absolute Gasteiger partial charge is 0.327 e. The van der Waals surface area contributed by atoms with Crippen molar-refractivity contribution in [3.8, 4) is 11.8 Å². The third-order valence-electron chi connectivity index (χ3n) is 6.69. The summed E-state index contributed by atoms with van der Waals surface area (Å²) in [6.45, 7) is 0. The van der Waals surface area contributed by atoms with Crippen LogP contribution in [0.4, 0.5) is 11.6 Å². The standard InChI is InChI=1S/C26H22N4O16S5/c31-45-46-47-18-8-14-3-5-16(10-20(14)22(12-18)50(38,39)40)27-25-28-24(2-1-7-48(32,33)34)29-26(30-25)44-17-6-4-15-9-19(49(35,36)37)13-23(21(15)11-17)51(41,42)43/h3-6,8-13,31H,1-2,7H2,(H,32,33,34)(H,35,36,37)(H,38,39,40)(H,41,42,43)(H,27,28,29,30). The summed E-state index contributed by atoms with van der Waals surface area (Å²) in [5.74, 6) is -1.07. The van der Waals surface area contributed by atoms with Crippen LogP contribution < -0.4 is 10.1 Å². The molecule has 0 aliphatic rings. The van der Waals surface area contributed by atoms with Crippen molar-refractivity contribution in [2.75, 3.05) is 11.1 Å². The fourth-order valence-electron chi connectivity index (χ4n) is 4.65. The minimum Gasteiger partial charge on any atom is -0.424 e. The highest BCUT2D eigenvalue weighted by Gasteiger charge is 2.22. The second kappa shape index (κ2) is 14.5. The molecule has 0 aliphatic carbocycles. The van der Waals surface area contributed by atoms with Crippen LogP contribution in [0.5, 0.6) is 11.8 Å². The summed E-state index contributed by atoms with van der Waals surface area (Å²) in [6, 6.07) is 11.4. The number of hydrogen-bond acceptors (Lipinski definition) is 17. The molecule has 272 valence electrons. The maximum absolute atomic E-state index is 12.2. The highest BCUT2D eigenvalue weighted by Crippen LogP contribution is 2.34. The van der Waals surface area contributed by atoms with Gasteiger partial charge in [0.15, 0.2) is 0 Å². The Labute approximate surface area is 292 Å². The zero-order chi connectivity index (χ0) is 37.4. The summed E-state index contributed by atoms with van der Waals surface area (Å²) in [5, 5.41) is 14.8. The van der Waals surface area contributed by atoms with Crippen LogP contribution in [0.3, 0.4) is 0 Å². The van der Waals surface area contributed by atoms with Crippen LogP contribution in [0.25, 0.3) is 21.5 Å². The highest BCUT2D eigenvalue weighted by atomic mass is 32.2. The van der Waals surface area contributed by atoms with E-state index in [0.29, 0.717) is 23.5 Å². The van der Waals surface area contributed by atoms with Gasteiger partial charge in [-0.05, 0) is 65.7 Å². The van der Waals surface area contributed by atoms with E-state index in [1.165, 1.54) is 36.4 Å². The largest absolute Gasteiger partial charge is 0.424 e. The molecule has 0 unspecified atom stereocenters. The maximum atomic E-state index is 12.2. The van der Waals surface area contributed by atoms with E-state index in [2.05, 4.69) is 29.6 Å². The molecule has 0 saturated carbocycles. The average Bonchev–Trinajstić information content (AvgIpc) is 3.01. The van der Waals surface area contributed by atoms with Crippen LogP contribution in [0.2, 0.25) is 0 Å². The molecule has 20 nitrogen and oxygen atoms in total. The summed E-state index contributed by atoms with van der Waals surface area (Å²) in [6.07, 6.45) is -0.286. The lowest BCUT2D eigenvalue weighted by Crippen LogP contribution is -2.09. The van der Waals surface area contributed by atoms with E-state index in [-0.39, 0.29) is 57.1 Å². The number of nitrogens with one attached hydrogen (secondary N) is 1. The van der Waals surface area contributed by atoms with Crippen LogP contribution in [0.15, 0.2) is 80.2 Å². The molecule has 5 aromatic rings. The normalized spacial score (nSPS) is 12.7. The van der Waals surface area contributed by atoms with Gasteiger partial charge in [0.25, 0.3) is 40.5 Å². The zero-order valence-corrected chi connectivity index (χ0v) is 29.1. The second-order valence-corrected chi connectivity index (χ2v) is 16.8. The third-order valence-corrected chi connectivity index (χ3v) is 10.7. The lowest BCUT2D eigenvalue weighted by molar-refractivity contribution is -0.432. The summed E-state index contributed by atoms with van der Waals surface area (Å²) in [7, 11) is -19.1. The quantitative estimate of drug-likeness (QED) is 0.0403. The van der Waals surface area contributed by atoms with Gasteiger partial charge in [-0.15, -0.1) is 4.33 Å². The molecule has 0 bridgehead atoms. The number of benzene rings is 4. The predicted molar refractivity (Wildman–Crippen MR) is 176 cm³/mol. The Morgan fingerprint density at radius 3 is 2.00 bits per heavy atom. The molecular formula is C26H22N4O16S5.